The molecule has 14 heteroatoms. The van der Waals surface area contributed by atoms with Gasteiger partial charge in [0.2, 0.25) is 5.91 Å². The lowest BCUT2D eigenvalue weighted by Crippen LogP contribution is -2.52. The van der Waals surface area contributed by atoms with Crippen LogP contribution in [0.2, 0.25) is 0 Å². The van der Waals surface area contributed by atoms with Gasteiger partial charge in [-0.2, -0.15) is 0 Å². The topological polar surface area (TPSA) is 174 Å². The summed E-state index contributed by atoms with van der Waals surface area (Å²) >= 11 is 0. The van der Waals surface area contributed by atoms with Gasteiger partial charge in [0.25, 0.3) is 0 Å². The van der Waals surface area contributed by atoms with Crippen molar-refractivity contribution in [2.75, 3.05) is 32.7 Å². The average molecular weight is 837 g/mol. The molecule has 3 aromatic carbocycles. The lowest BCUT2D eigenvalue weighted by molar-refractivity contribution is -0.159. The van der Waals surface area contributed by atoms with E-state index in [0.29, 0.717) is 56.8 Å². The molecule has 1 aliphatic heterocycles. The Kier molecular flexibility index (Phi) is 14.9. The molecule has 2 atom stereocenters. The second kappa shape index (κ2) is 20.4. The van der Waals surface area contributed by atoms with E-state index >= 15 is 0 Å². The van der Waals surface area contributed by atoms with E-state index < -0.39 is 41.1 Å². The van der Waals surface area contributed by atoms with Crippen LogP contribution < -0.4 is 16.0 Å². The molecule has 61 heavy (non-hydrogen) atoms. The van der Waals surface area contributed by atoms with Crippen LogP contribution in [0.15, 0.2) is 97.3 Å². The summed E-state index contributed by atoms with van der Waals surface area (Å²) in [4.78, 5) is 69.3. The lowest BCUT2D eigenvalue weighted by atomic mass is 9.88. The number of benzene rings is 3. The second-order valence-corrected chi connectivity index (χ2v) is 17.2. The highest BCUT2D eigenvalue weighted by molar-refractivity contribution is 5.91. The number of esters is 1. The molecule has 328 valence electrons. The van der Waals surface area contributed by atoms with Gasteiger partial charge in [-0.3, -0.25) is 9.69 Å². The van der Waals surface area contributed by atoms with Crippen LogP contribution in [-0.4, -0.2) is 93.1 Å². The summed E-state index contributed by atoms with van der Waals surface area (Å²) in [5.74, 6) is -0.429. The number of aromatic nitrogens is 3. The number of aromatic amines is 2. The number of unbranched alkanes of at least 4 members (excludes halogenated alkanes) is 1. The maximum absolute atomic E-state index is 14.1. The molecule has 4 amide bonds. The Morgan fingerprint density at radius 3 is 2.21 bits per heavy atom. The highest BCUT2D eigenvalue weighted by atomic mass is 16.6. The van der Waals surface area contributed by atoms with Crippen LogP contribution in [0.1, 0.15) is 91.0 Å². The number of hydrogen-bond acceptors (Lipinski definition) is 8. The maximum atomic E-state index is 14.1. The van der Waals surface area contributed by atoms with Gasteiger partial charge in [0.05, 0.1) is 11.5 Å². The van der Waals surface area contributed by atoms with E-state index in [1.165, 1.54) is 5.56 Å². The first-order chi connectivity index (χ1) is 29.2. The lowest BCUT2D eigenvalue weighted by Gasteiger charge is -2.35. The number of piperazine rings is 1. The van der Waals surface area contributed by atoms with E-state index in [9.17, 15) is 19.2 Å². The number of fused-ring (bicyclic) bond motifs is 1. The summed E-state index contributed by atoms with van der Waals surface area (Å²) in [5.41, 5.74) is 2.74. The van der Waals surface area contributed by atoms with E-state index in [1.807, 2.05) is 83.9 Å². The summed E-state index contributed by atoms with van der Waals surface area (Å²) in [6.45, 7) is 12.9. The van der Waals surface area contributed by atoms with Gasteiger partial charge >= 0.3 is 18.1 Å². The molecule has 5 aromatic rings. The average Bonchev–Trinajstić information content (AvgIpc) is 3.91. The Morgan fingerprint density at radius 1 is 0.836 bits per heavy atom. The molecule has 0 radical (unpaired) electrons. The first-order valence-corrected chi connectivity index (χ1v) is 21.2. The number of H-pyrrole nitrogens is 2. The van der Waals surface area contributed by atoms with Crippen LogP contribution in [0.25, 0.3) is 10.9 Å². The molecule has 0 spiro atoms. The zero-order valence-electron chi connectivity index (χ0n) is 36.0. The molecule has 5 N–H and O–H groups in total. The molecule has 2 aromatic heterocycles. The number of ether oxygens (including phenoxy) is 2. The molecule has 0 saturated carbocycles. The van der Waals surface area contributed by atoms with Gasteiger partial charge in [0, 0.05) is 77.5 Å². The van der Waals surface area contributed by atoms with Gasteiger partial charge in [-0.05, 0) is 76.6 Å². The predicted molar refractivity (Wildman–Crippen MR) is 239 cm³/mol. The van der Waals surface area contributed by atoms with Crippen LogP contribution in [0, 0.1) is 0 Å². The molecule has 3 heterocycles. The first kappa shape index (κ1) is 44.4. The summed E-state index contributed by atoms with van der Waals surface area (Å²) < 4.78 is 11.0. The van der Waals surface area contributed by atoms with Crippen molar-refractivity contribution in [3.05, 3.63) is 126 Å². The molecular weight excluding hydrogens is 773 g/mol. The largest absolute Gasteiger partial charge is 0.458 e. The second-order valence-electron chi connectivity index (χ2n) is 17.2. The van der Waals surface area contributed by atoms with Gasteiger partial charge < -0.3 is 40.3 Å². The van der Waals surface area contributed by atoms with Crippen LogP contribution in [0.3, 0.4) is 0 Å². The van der Waals surface area contributed by atoms with Crippen LogP contribution in [-0.2, 0) is 44.1 Å². The Labute approximate surface area is 361 Å². The number of nitrogens with zero attached hydrogens (tertiary/aromatic N) is 3. The third-order valence-corrected chi connectivity index (χ3v) is 10.9. The van der Waals surface area contributed by atoms with Crippen molar-refractivity contribution in [1.82, 2.24) is 40.7 Å². The van der Waals surface area contributed by atoms with Gasteiger partial charge in [0.15, 0.2) is 0 Å². The third-order valence-electron chi connectivity index (χ3n) is 10.9. The Hall–Kier alpha value is -6.15. The molecule has 1 aliphatic rings. The smallest absolute Gasteiger partial charge is 0.407 e. The molecule has 0 unspecified atom stereocenters. The predicted octanol–water partition coefficient (Wildman–Crippen LogP) is 7.40. The van der Waals surface area contributed by atoms with Crippen molar-refractivity contribution in [3.8, 4) is 0 Å². The number of nitrogens with one attached hydrogen (secondary N) is 5. The zero-order valence-corrected chi connectivity index (χ0v) is 36.0. The Balaban J connectivity index is 0.00000436. The first-order valence-electron chi connectivity index (χ1n) is 21.2. The molecule has 1 saturated heterocycles. The standard InChI is InChI=1S/C47H60N8O6.2H2/c1-46(2,3)61-42(56)38(22-14-15-23-48-45(59)60-32-34-18-10-7-11-19-34)51-43(57)47(4,5)40-30-50-41(53-40)39(28-35-29-49-37-21-13-12-20-36(35)37)52-44(58)55-26-24-54(25-27-55)31-33-16-8-6-9-17-33;;/h6-13,16-21,29-30,38-39,49H,14-15,22-28,31-32H2,1-5H3,(H,48,59)(H,50,53)(H,51,57)(H,52,58);2*1H/t38-,39-;;/m1../s1. The fourth-order valence-corrected chi connectivity index (χ4v) is 7.28. The number of carbonyl (C=O) groups excluding carboxylic acids is 4. The number of carbonyl (C=O) groups is 4. The van der Waals surface area contributed by atoms with Crippen molar-refractivity contribution in [1.29, 1.82) is 0 Å². The number of imidazole rings is 1. The zero-order chi connectivity index (χ0) is 43.4. The minimum Gasteiger partial charge on any atom is -0.458 e. The highest BCUT2D eigenvalue weighted by Gasteiger charge is 2.37. The number of rotatable bonds is 17. The van der Waals surface area contributed by atoms with Gasteiger partial charge in [-0.25, -0.2) is 19.4 Å². The fourth-order valence-electron chi connectivity index (χ4n) is 7.28. The van der Waals surface area contributed by atoms with Crippen LogP contribution in [0.4, 0.5) is 9.59 Å². The molecular formula is C47H64N8O6. The minimum absolute atomic E-state index is 0. The number of alkyl carbamates (subject to hydrolysis) is 1. The quantitative estimate of drug-likeness (QED) is 0.0476. The summed E-state index contributed by atoms with van der Waals surface area (Å²) in [5, 5.41) is 10.00. The third kappa shape index (κ3) is 12.7. The number of amides is 4. The number of hydrogen-bond donors (Lipinski definition) is 5. The van der Waals surface area contributed by atoms with Gasteiger partial charge in [-0.1, -0.05) is 78.9 Å². The van der Waals surface area contributed by atoms with Crippen LogP contribution >= 0.6 is 0 Å². The maximum Gasteiger partial charge on any atom is 0.407 e. The van der Waals surface area contributed by atoms with E-state index in [1.54, 1.807) is 40.8 Å². The highest BCUT2D eigenvalue weighted by Crippen LogP contribution is 2.28. The van der Waals surface area contributed by atoms with Gasteiger partial charge in [0.1, 0.15) is 24.1 Å². The van der Waals surface area contributed by atoms with Crippen molar-refractivity contribution in [2.24, 2.45) is 0 Å². The number of para-hydroxylation sites is 1. The Bertz CT molecular complexity index is 2220. The monoisotopic (exact) mass is 836 g/mol. The van der Waals surface area contributed by atoms with E-state index in [4.69, 9.17) is 14.5 Å². The van der Waals surface area contributed by atoms with Crippen molar-refractivity contribution >= 4 is 34.9 Å². The van der Waals surface area contributed by atoms with Crippen LogP contribution in [0.5, 0.6) is 0 Å². The van der Waals surface area contributed by atoms with E-state index in [0.717, 1.165) is 41.7 Å². The molecule has 1 fully saturated rings. The summed E-state index contributed by atoms with van der Waals surface area (Å²) in [6.07, 6.45) is 4.87. The molecule has 0 aliphatic carbocycles. The van der Waals surface area contributed by atoms with Crippen molar-refractivity contribution in [3.63, 3.8) is 0 Å². The minimum atomic E-state index is -1.15. The number of urea groups is 1. The SMILES string of the molecule is CC(C)(C)OC(=O)[C@@H](CCCCNC(=O)OCc1ccccc1)NC(=O)C(C)(C)c1cnc([C@@H](Cc2c[nH]c3ccccc23)NC(=O)N2CCN(Cc3ccccc3)CC2)[nH]1.[HH].[HH]. The summed E-state index contributed by atoms with van der Waals surface area (Å²) in [6, 6.07) is 26.1. The summed E-state index contributed by atoms with van der Waals surface area (Å²) in [7, 11) is 0. The normalized spacial score (nSPS) is 14.5. The molecule has 14 nitrogen and oxygen atoms in total. The van der Waals surface area contributed by atoms with Crippen molar-refractivity contribution in [2.45, 2.75) is 96.6 Å². The van der Waals surface area contributed by atoms with E-state index in [-0.39, 0.29) is 15.5 Å². The fraction of sp³-hybridized carbons (Fsp3) is 0.426. The Morgan fingerprint density at radius 2 is 1.51 bits per heavy atom. The van der Waals surface area contributed by atoms with Crippen molar-refractivity contribution < 1.29 is 31.5 Å². The van der Waals surface area contributed by atoms with E-state index in [2.05, 4.69) is 43.0 Å². The molecule has 6 rings (SSSR count). The van der Waals surface area contributed by atoms with Gasteiger partial charge in [-0.15, -0.1) is 0 Å². The molecule has 0 bridgehead atoms.